The first-order valence-corrected chi connectivity index (χ1v) is 5.93. The van der Waals surface area contributed by atoms with E-state index in [4.69, 9.17) is 0 Å². The first-order valence-electron chi connectivity index (χ1n) is 5.93. The zero-order valence-corrected chi connectivity index (χ0v) is 10.5. The van der Waals surface area contributed by atoms with Crippen LogP contribution < -0.4 is 5.32 Å². The highest BCUT2D eigenvalue weighted by Gasteiger charge is 2.07. The Morgan fingerprint density at radius 1 is 1.29 bits per heavy atom. The van der Waals surface area contributed by atoms with Crippen molar-refractivity contribution in [3.8, 4) is 0 Å². The number of aromatic nitrogens is 1. The van der Waals surface area contributed by atoms with E-state index in [2.05, 4.69) is 23.3 Å². The van der Waals surface area contributed by atoms with E-state index >= 15 is 0 Å². The monoisotopic (exact) mass is 232 g/mol. The number of nitrogens with one attached hydrogen (secondary N) is 1. The molecule has 0 aliphatic heterocycles. The van der Waals surface area contributed by atoms with Gasteiger partial charge < -0.3 is 5.32 Å². The highest BCUT2D eigenvalue weighted by atomic mass is 19.1. The van der Waals surface area contributed by atoms with E-state index < -0.39 is 0 Å². The lowest BCUT2D eigenvalue weighted by molar-refractivity contribution is 0.620. The summed E-state index contributed by atoms with van der Waals surface area (Å²) < 4.78 is 13.5. The van der Waals surface area contributed by atoms with Crippen LogP contribution in [-0.4, -0.2) is 12.0 Å². The first-order chi connectivity index (χ1) is 8.15. The Morgan fingerprint density at radius 2 is 2.06 bits per heavy atom. The second kappa shape index (κ2) is 4.70. The maximum absolute atomic E-state index is 13.5. The number of fused-ring (bicyclic) bond motifs is 1. The van der Waals surface area contributed by atoms with Crippen molar-refractivity contribution in [3.63, 3.8) is 0 Å². The van der Waals surface area contributed by atoms with Crippen molar-refractivity contribution in [2.45, 2.75) is 26.7 Å². The third-order valence-corrected chi connectivity index (χ3v) is 2.93. The van der Waals surface area contributed by atoms with E-state index in [-0.39, 0.29) is 5.82 Å². The largest absolute Gasteiger partial charge is 0.373 e. The van der Waals surface area contributed by atoms with Gasteiger partial charge in [0, 0.05) is 18.5 Å². The van der Waals surface area contributed by atoms with Crippen LogP contribution in [-0.2, 0) is 6.42 Å². The number of hydrogen-bond donors (Lipinski definition) is 1. The number of halogens is 1. The van der Waals surface area contributed by atoms with E-state index in [1.165, 1.54) is 11.6 Å². The minimum Gasteiger partial charge on any atom is -0.373 e. The number of hydrogen-bond acceptors (Lipinski definition) is 2. The lowest BCUT2D eigenvalue weighted by atomic mass is 10.1. The number of rotatable bonds is 3. The maximum Gasteiger partial charge on any atom is 0.129 e. The van der Waals surface area contributed by atoms with Crippen molar-refractivity contribution >= 4 is 16.7 Å². The fourth-order valence-corrected chi connectivity index (χ4v) is 2.03. The van der Waals surface area contributed by atoms with Gasteiger partial charge in [-0.2, -0.15) is 0 Å². The van der Waals surface area contributed by atoms with Gasteiger partial charge in [0.2, 0.25) is 0 Å². The minimum absolute atomic E-state index is 0.199. The molecule has 2 nitrogen and oxygen atoms in total. The van der Waals surface area contributed by atoms with E-state index in [1.54, 1.807) is 6.92 Å². The fourth-order valence-electron chi connectivity index (χ4n) is 2.03. The predicted molar refractivity (Wildman–Crippen MR) is 70.0 cm³/mol. The Hall–Kier alpha value is -1.64. The van der Waals surface area contributed by atoms with Crippen molar-refractivity contribution < 1.29 is 4.39 Å². The molecule has 0 atom stereocenters. The van der Waals surface area contributed by atoms with Gasteiger partial charge in [-0.25, -0.2) is 9.37 Å². The van der Waals surface area contributed by atoms with E-state index in [1.807, 2.05) is 13.1 Å². The normalized spacial score (nSPS) is 10.8. The smallest absolute Gasteiger partial charge is 0.129 e. The van der Waals surface area contributed by atoms with Crippen LogP contribution in [0, 0.1) is 12.7 Å². The van der Waals surface area contributed by atoms with Crippen molar-refractivity contribution in [2.24, 2.45) is 0 Å². The maximum atomic E-state index is 13.5. The topological polar surface area (TPSA) is 24.9 Å². The summed E-state index contributed by atoms with van der Waals surface area (Å²) in [5.74, 6) is 0.651. The lowest BCUT2D eigenvalue weighted by Crippen LogP contribution is -2.00. The molecule has 0 radical (unpaired) electrons. The molecule has 17 heavy (non-hydrogen) atoms. The van der Waals surface area contributed by atoms with Gasteiger partial charge in [-0.05, 0) is 36.6 Å². The Labute approximate surface area is 101 Å². The van der Waals surface area contributed by atoms with Crippen LogP contribution >= 0.6 is 0 Å². The van der Waals surface area contributed by atoms with Gasteiger partial charge in [-0.3, -0.25) is 0 Å². The zero-order chi connectivity index (χ0) is 12.4. The summed E-state index contributed by atoms with van der Waals surface area (Å²) in [7, 11) is 1.85. The zero-order valence-electron chi connectivity index (χ0n) is 10.5. The lowest BCUT2D eigenvalue weighted by Gasteiger charge is -2.10. The van der Waals surface area contributed by atoms with Crippen LogP contribution in [0.3, 0.4) is 0 Å². The molecular weight excluding hydrogens is 215 g/mol. The van der Waals surface area contributed by atoms with Crippen molar-refractivity contribution in [1.29, 1.82) is 0 Å². The fraction of sp³-hybridized carbons (Fsp3) is 0.357. The van der Waals surface area contributed by atoms with Crippen LogP contribution in [0.4, 0.5) is 10.2 Å². The number of anilines is 1. The summed E-state index contributed by atoms with van der Waals surface area (Å²) in [4.78, 5) is 4.46. The van der Waals surface area contributed by atoms with Crippen molar-refractivity contribution in [3.05, 3.63) is 35.1 Å². The van der Waals surface area contributed by atoms with E-state index in [0.717, 1.165) is 24.0 Å². The van der Waals surface area contributed by atoms with Gasteiger partial charge in [0.25, 0.3) is 0 Å². The molecule has 90 valence electrons. The minimum atomic E-state index is -0.199. The van der Waals surface area contributed by atoms with Crippen LogP contribution in [0.25, 0.3) is 10.9 Å². The SMILES string of the molecule is CCCc1cc2cc(C)c(F)cc2nc1NC. The molecule has 0 amide bonds. The molecule has 1 aromatic carbocycles. The molecule has 0 fully saturated rings. The summed E-state index contributed by atoms with van der Waals surface area (Å²) in [6.07, 6.45) is 2.05. The van der Waals surface area contributed by atoms with Gasteiger partial charge in [-0.1, -0.05) is 13.3 Å². The summed E-state index contributed by atoms with van der Waals surface area (Å²) in [6, 6.07) is 5.46. The Balaban J connectivity index is 2.65. The van der Waals surface area contributed by atoms with Gasteiger partial charge in [-0.15, -0.1) is 0 Å². The highest BCUT2D eigenvalue weighted by molar-refractivity contribution is 5.82. The highest BCUT2D eigenvalue weighted by Crippen LogP contribution is 2.23. The molecule has 2 aromatic rings. The second-order valence-corrected chi connectivity index (χ2v) is 4.29. The molecule has 0 unspecified atom stereocenters. The Morgan fingerprint density at radius 3 is 2.71 bits per heavy atom. The molecule has 0 aliphatic rings. The molecule has 0 aliphatic carbocycles. The van der Waals surface area contributed by atoms with Crippen LogP contribution in [0.1, 0.15) is 24.5 Å². The Bertz CT molecular complexity index is 549. The molecule has 0 bridgehead atoms. The average molecular weight is 232 g/mol. The molecule has 1 aromatic heterocycles. The third kappa shape index (κ3) is 2.23. The van der Waals surface area contributed by atoms with Gasteiger partial charge in [0.15, 0.2) is 0 Å². The molecule has 1 heterocycles. The first kappa shape index (κ1) is 11.8. The quantitative estimate of drug-likeness (QED) is 0.873. The van der Waals surface area contributed by atoms with Crippen LogP contribution in [0.15, 0.2) is 18.2 Å². The molecule has 2 rings (SSSR count). The summed E-state index contributed by atoms with van der Waals surface area (Å²) in [5.41, 5.74) is 2.56. The summed E-state index contributed by atoms with van der Waals surface area (Å²) >= 11 is 0. The number of aryl methyl sites for hydroxylation is 2. The third-order valence-electron chi connectivity index (χ3n) is 2.93. The van der Waals surface area contributed by atoms with Gasteiger partial charge in [0.1, 0.15) is 11.6 Å². The number of benzene rings is 1. The van der Waals surface area contributed by atoms with E-state index in [9.17, 15) is 4.39 Å². The predicted octanol–water partition coefficient (Wildman–Crippen LogP) is 3.68. The average Bonchev–Trinajstić information content (AvgIpc) is 2.31. The standard InChI is InChI=1S/C14H17FN2/c1-4-5-10-7-11-6-9(2)12(15)8-13(11)17-14(10)16-3/h6-8H,4-5H2,1-3H3,(H,16,17). The van der Waals surface area contributed by atoms with Crippen LogP contribution in [0.5, 0.6) is 0 Å². The second-order valence-electron chi connectivity index (χ2n) is 4.29. The number of nitrogens with zero attached hydrogens (tertiary/aromatic N) is 1. The van der Waals surface area contributed by atoms with Crippen molar-refractivity contribution in [2.75, 3.05) is 12.4 Å². The molecule has 0 spiro atoms. The van der Waals surface area contributed by atoms with E-state index in [0.29, 0.717) is 11.1 Å². The summed E-state index contributed by atoms with van der Waals surface area (Å²) in [6.45, 7) is 3.92. The molecular formula is C14H17FN2. The number of pyridine rings is 1. The summed E-state index contributed by atoms with van der Waals surface area (Å²) in [5, 5.41) is 4.08. The molecule has 0 saturated carbocycles. The Kier molecular flexibility index (Phi) is 3.27. The van der Waals surface area contributed by atoms with Gasteiger partial charge in [0.05, 0.1) is 5.52 Å². The molecule has 3 heteroatoms. The van der Waals surface area contributed by atoms with Crippen molar-refractivity contribution in [1.82, 2.24) is 4.98 Å². The molecule has 0 saturated heterocycles. The van der Waals surface area contributed by atoms with Crippen LogP contribution in [0.2, 0.25) is 0 Å². The molecule has 1 N–H and O–H groups in total. The van der Waals surface area contributed by atoms with Gasteiger partial charge >= 0.3 is 0 Å².